The van der Waals surface area contributed by atoms with Crippen molar-refractivity contribution in [1.29, 1.82) is 0 Å². The number of aromatic nitrogens is 1. The van der Waals surface area contributed by atoms with E-state index in [0.717, 1.165) is 6.20 Å². The highest BCUT2D eigenvalue weighted by atomic mass is 19.3. The number of nitrogens with zero attached hydrogens (tertiary/aromatic N) is 1. The maximum Gasteiger partial charge on any atom is 0.267 e. The van der Waals surface area contributed by atoms with Gasteiger partial charge in [0, 0.05) is 23.6 Å². The summed E-state index contributed by atoms with van der Waals surface area (Å²) in [5.41, 5.74) is 5.13. The van der Waals surface area contributed by atoms with Crippen molar-refractivity contribution >= 4 is 5.69 Å². The molecule has 0 saturated heterocycles. The molecule has 3 N–H and O–H groups in total. The molecule has 0 aliphatic carbocycles. The Morgan fingerprint density at radius 3 is 2.67 bits per heavy atom. The molecule has 0 spiro atoms. The Balaban J connectivity index is 3.14. The van der Waals surface area contributed by atoms with Crippen LogP contribution in [0, 0.1) is 0 Å². The Hall–Kier alpha value is -1.23. The second-order valence-electron chi connectivity index (χ2n) is 2.26. The van der Waals surface area contributed by atoms with Gasteiger partial charge in [-0.05, 0) is 0 Å². The molecule has 1 heterocycles. The van der Waals surface area contributed by atoms with Crippen LogP contribution < -0.4 is 5.73 Å². The van der Waals surface area contributed by atoms with Crippen molar-refractivity contribution in [3.63, 3.8) is 0 Å². The van der Waals surface area contributed by atoms with Crippen LogP contribution in [0.3, 0.4) is 0 Å². The minimum absolute atomic E-state index is 0.0810. The van der Waals surface area contributed by atoms with Crippen LogP contribution in [0.25, 0.3) is 0 Å². The summed E-state index contributed by atoms with van der Waals surface area (Å²) >= 11 is 0. The molecule has 0 unspecified atom stereocenters. The lowest BCUT2D eigenvalue weighted by Crippen LogP contribution is -2.01. The number of nitrogen functional groups attached to an aromatic ring is 1. The van der Waals surface area contributed by atoms with Crippen LogP contribution >= 0.6 is 0 Å². The summed E-state index contributed by atoms with van der Waals surface area (Å²) in [6, 6.07) is 0. The molecule has 0 aliphatic heterocycles. The molecule has 0 aliphatic rings. The zero-order valence-electron chi connectivity index (χ0n) is 6.17. The molecular weight excluding hydrogens is 166 g/mol. The standard InChI is InChI=1S/C7H8F2N2O/c8-7(9)5-2-11-1-4(3-12)6(5)10/h1-2,7,12H,3H2,(H2,10,11). The van der Waals surface area contributed by atoms with Crippen LogP contribution in [0.1, 0.15) is 17.6 Å². The van der Waals surface area contributed by atoms with E-state index in [-0.39, 0.29) is 23.4 Å². The predicted octanol–water partition coefficient (Wildman–Crippen LogP) is 1.09. The van der Waals surface area contributed by atoms with Gasteiger partial charge in [0.1, 0.15) is 0 Å². The summed E-state index contributed by atoms with van der Waals surface area (Å²) in [4.78, 5) is 3.52. The maximum absolute atomic E-state index is 12.1. The van der Waals surface area contributed by atoms with Gasteiger partial charge in [0.15, 0.2) is 0 Å². The van der Waals surface area contributed by atoms with Crippen molar-refractivity contribution < 1.29 is 13.9 Å². The average molecular weight is 174 g/mol. The van der Waals surface area contributed by atoms with E-state index in [1.165, 1.54) is 6.20 Å². The fourth-order valence-electron chi connectivity index (χ4n) is 0.832. The van der Waals surface area contributed by atoms with Crippen molar-refractivity contribution in [2.45, 2.75) is 13.0 Å². The molecule has 0 amide bonds. The number of aliphatic hydroxyl groups excluding tert-OH is 1. The van der Waals surface area contributed by atoms with E-state index in [9.17, 15) is 8.78 Å². The summed E-state index contributed by atoms with van der Waals surface area (Å²) in [5, 5.41) is 8.66. The third kappa shape index (κ3) is 1.50. The minimum Gasteiger partial charge on any atom is -0.398 e. The molecular formula is C7H8F2N2O. The highest BCUT2D eigenvalue weighted by Crippen LogP contribution is 2.26. The SMILES string of the molecule is Nc1c(CO)cncc1C(F)F. The molecule has 1 aromatic heterocycles. The van der Waals surface area contributed by atoms with Crippen molar-refractivity contribution in [1.82, 2.24) is 4.98 Å². The molecule has 0 aromatic carbocycles. The van der Waals surface area contributed by atoms with E-state index >= 15 is 0 Å². The molecule has 0 bridgehead atoms. The lowest BCUT2D eigenvalue weighted by molar-refractivity contribution is 0.151. The number of rotatable bonds is 2. The highest BCUT2D eigenvalue weighted by Gasteiger charge is 2.13. The van der Waals surface area contributed by atoms with Crippen LogP contribution in [0.5, 0.6) is 0 Å². The smallest absolute Gasteiger partial charge is 0.267 e. The summed E-state index contributed by atoms with van der Waals surface area (Å²) in [5.74, 6) is 0. The molecule has 3 nitrogen and oxygen atoms in total. The summed E-state index contributed by atoms with van der Waals surface area (Å²) in [7, 11) is 0. The van der Waals surface area contributed by atoms with E-state index in [4.69, 9.17) is 10.8 Å². The van der Waals surface area contributed by atoms with Gasteiger partial charge in [0.2, 0.25) is 0 Å². The summed E-state index contributed by atoms with van der Waals surface area (Å²) < 4.78 is 24.3. The quantitative estimate of drug-likeness (QED) is 0.705. The predicted molar refractivity (Wildman–Crippen MR) is 39.5 cm³/mol. The van der Waals surface area contributed by atoms with Crippen LogP contribution in [-0.4, -0.2) is 10.1 Å². The second-order valence-corrected chi connectivity index (χ2v) is 2.26. The highest BCUT2D eigenvalue weighted by molar-refractivity contribution is 5.52. The Bertz CT molecular complexity index is 278. The number of hydrogen-bond acceptors (Lipinski definition) is 3. The van der Waals surface area contributed by atoms with Crippen molar-refractivity contribution in [3.05, 3.63) is 23.5 Å². The average Bonchev–Trinajstić information content (AvgIpc) is 2.04. The maximum atomic E-state index is 12.1. The Labute approximate surface area is 67.8 Å². The van der Waals surface area contributed by atoms with Gasteiger partial charge >= 0.3 is 0 Å². The van der Waals surface area contributed by atoms with Crippen molar-refractivity contribution in [3.8, 4) is 0 Å². The number of halogens is 2. The molecule has 0 saturated carbocycles. The number of nitrogens with two attached hydrogens (primary N) is 1. The lowest BCUT2D eigenvalue weighted by Gasteiger charge is -2.06. The molecule has 0 radical (unpaired) electrons. The summed E-state index contributed by atoms with van der Waals surface area (Å²) in [6.07, 6.45) is -0.385. The van der Waals surface area contributed by atoms with Gasteiger partial charge in [-0.25, -0.2) is 8.78 Å². The number of alkyl halides is 2. The molecule has 1 aromatic rings. The zero-order chi connectivity index (χ0) is 9.14. The fourth-order valence-corrected chi connectivity index (χ4v) is 0.832. The van der Waals surface area contributed by atoms with Gasteiger partial charge in [0.25, 0.3) is 6.43 Å². The molecule has 12 heavy (non-hydrogen) atoms. The number of anilines is 1. The first-order valence-corrected chi connectivity index (χ1v) is 3.28. The van der Waals surface area contributed by atoms with Crippen LogP contribution in [0.4, 0.5) is 14.5 Å². The van der Waals surface area contributed by atoms with E-state index < -0.39 is 6.43 Å². The zero-order valence-corrected chi connectivity index (χ0v) is 6.17. The Kier molecular flexibility index (Phi) is 2.54. The van der Waals surface area contributed by atoms with Crippen LogP contribution in [0.15, 0.2) is 12.4 Å². The van der Waals surface area contributed by atoms with E-state index in [1.807, 2.05) is 0 Å². The van der Waals surface area contributed by atoms with Gasteiger partial charge in [-0.3, -0.25) is 4.98 Å². The first-order valence-electron chi connectivity index (χ1n) is 3.28. The first kappa shape index (κ1) is 8.86. The van der Waals surface area contributed by atoms with E-state index in [0.29, 0.717) is 0 Å². The van der Waals surface area contributed by atoms with Gasteiger partial charge < -0.3 is 10.8 Å². The summed E-state index contributed by atoms with van der Waals surface area (Å²) in [6.45, 7) is -0.376. The first-order chi connectivity index (χ1) is 5.66. The molecule has 66 valence electrons. The normalized spacial score (nSPS) is 10.7. The van der Waals surface area contributed by atoms with Crippen LogP contribution in [-0.2, 0) is 6.61 Å². The van der Waals surface area contributed by atoms with Gasteiger partial charge in [-0.1, -0.05) is 0 Å². The third-order valence-corrected chi connectivity index (χ3v) is 1.51. The van der Waals surface area contributed by atoms with Crippen LogP contribution in [0.2, 0.25) is 0 Å². The number of pyridine rings is 1. The van der Waals surface area contributed by atoms with Crippen molar-refractivity contribution in [2.24, 2.45) is 0 Å². The van der Waals surface area contributed by atoms with Gasteiger partial charge in [0.05, 0.1) is 12.2 Å². The lowest BCUT2D eigenvalue weighted by atomic mass is 10.1. The van der Waals surface area contributed by atoms with Crippen molar-refractivity contribution in [2.75, 3.05) is 5.73 Å². The monoisotopic (exact) mass is 174 g/mol. The second kappa shape index (κ2) is 3.44. The Morgan fingerprint density at radius 2 is 2.17 bits per heavy atom. The number of hydrogen-bond donors (Lipinski definition) is 2. The van der Waals surface area contributed by atoms with Gasteiger partial charge in [-0.15, -0.1) is 0 Å². The fraction of sp³-hybridized carbons (Fsp3) is 0.286. The molecule has 5 heteroatoms. The molecule has 0 fully saturated rings. The minimum atomic E-state index is -2.65. The molecule has 1 rings (SSSR count). The van der Waals surface area contributed by atoms with E-state index in [2.05, 4.69) is 4.98 Å². The largest absolute Gasteiger partial charge is 0.398 e. The third-order valence-electron chi connectivity index (χ3n) is 1.51. The molecule has 0 atom stereocenters. The Morgan fingerprint density at radius 1 is 1.50 bits per heavy atom. The van der Waals surface area contributed by atoms with Gasteiger partial charge in [-0.2, -0.15) is 0 Å². The number of aliphatic hydroxyl groups is 1. The topological polar surface area (TPSA) is 59.1 Å². The van der Waals surface area contributed by atoms with E-state index in [1.54, 1.807) is 0 Å².